The quantitative estimate of drug-likeness (QED) is 0.838. The van der Waals surface area contributed by atoms with Crippen LogP contribution in [0.25, 0.3) is 0 Å². The van der Waals surface area contributed by atoms with E-state index in [0.29, 0.717) is 12.8 Å². The van der Waals surface area contributed by atoms with Crippen molar-refractivity contribution in [2.75, 3.05) is 20.3 Å². The Balaban J connectivity index is 2.45. The van der Waals surface area contributed by atoms with Gasteiger partial charge in [-0.05, 0) is 31.0 Å². The molecule has 2 N–H and O–H groups in total. The Labute approximate surface area is 129 Å². The first-order valence-corrected chi connectivity index (χ1v) is 8.31. The summed E-state index contributed by atoms with van der Waals surface area (Å²) >= 11 is 0. The predicted molar refractivity (Wildman–Crippen MR) is 77.9 cm³/mol. The summed E-state index contributed by atoms with van der Waals surface area (Å²) < 4.78 is 45.3. The molecule has 1 aromatic rings. The Morgan fingerprint density at radius 3 is 2.82 bits per heavy atom. The first kappa shape index (κ1) is 16.9. The monoisotopic (exact) mass is 330 g/mol. The van der Waals surface area contributed by atoms with Gasteiger partial charge in [-0.3, -0.25) is 4.79 Å². The van der Waals surface area contributed by atoms with Gasteiger partial charge >= 0.3 is 0 Å². The van der Waals surface area contributed by atoms with Crippen LogP contribution in [0.4, 0.5) is 4.39 Å². The van der Waals surface area contributed by atoms with Crippen LogP contribution in [-0.2, 0) is 19.6 Å². The lowest BCUT2D eigenvalue weighted by Gasteiger charge is -2.36. The number of amides is 1. The second-order valence-corrected chi connectivity index (χ2v) is 7.30. The molecule has 1 amide bonds. The van der Waals surface area contributed by atoms with Gasteiger partial charge in [-0.1, -0.05) is 6.07 Å². The fraction of sp³-hybridized carbons (Fsp3) is 0.500. The van der Waals surface area contributed by atoms with Crippen LogP contribution in [0, 0.1) is 5.82 Å². The summed E-state index contributed by atoms with van der Waals surface area (Å²) in [6.45, 7) is 0.306. The number of ether oxygens (including phenoxy) is 1. The second-order valence-electron chi connectivity index (χ2n) is 5.44. The van der Waals surface area contributed by atoms with Gasteiger partial charge in [0.2, 0.25) is 15.9 Å². The second kappa shape index (κ2) is 6.31. The van der Waals surface area contributed by atoms with E-state index >= 15 is 0 Å². The van der Waals surface area contributed by atoms with E-state index in [1.165, 1.54) is 29.6 Å². The first-order chi connectivity index (χ1) is 10.3. The van der Waals surface area contributed by atoms with Crippen LogP contribution in [-0.4, -0.2) is 44.4 Å². The summed E-state index contributed by atoms with van der Waals surface area (Å²) in [6.07, 6.45) is 0.929. The third-order valence-electron chi connectivity index (χ3n) is 3.83. The van der Waals surface area contributed by atoms with Crippen molar-refractivity contribution in [3.63, 3.8) is 0 Å². The summed E-state index contributed by atoms with van der Waals surface area (Å²) in [7, 11) is -2.49. The van der Waals surface area contributed by atoms with Gasteiger partial charge in [-0.15, -0.1) is 0 Å². The summed E-state index contributed by atoms with van der Waals surface area (Å²) in [5, 5.41) is 0. The van der Waals surface area contributed by atoms with Gasteiger partial charge in [0.05, 0.1) is 17.0 Å². The van der Waals surface area contributed by atoms with Gasteiger partial charge in [0.1, 0.15) is 5.82 Å². The number of sulfonamides is 1. The van der Waals surface area contributed by atoms with Crippen LogP contribution >= 0.6 is 0 Å². The number of rotatable bonds is 6. The maximum Gasteiger partial charge on any atom is 0.243 e. The summed E-state index contributed by atoms with van der Waals surface area (Å²) in [6, 6.07) is 4.81. The highest BCUT2D eigenvalue weighted by Gasteiger charge is 2.48. The molecular weight excluding hydrogens is 311 g/mol. The molecule has 0 aliphatic carbocycles. The van der Waals surface area contributed by atoms with E-state index in [2.05, 4.69) is 0 Å². The molecule has 0 unspecified atom stereocenters. The smallest absolute Gasteiger partial charge is 0.243 e. The average Bonchev–Trinajstić information content (AvgIpc) is 2.82. The highest BCUT2D eigenvalue weighted by Crippen LogP contribution is 2.37. The van der Waals surface area contributed by atoms with E-state index < -0.39 is 27.3 Å². The minimum Gasteiger partial charge on any atom is -0.383 e. The van der Waals surface area contributed by atoms with E-state index in [9.17, 15) is 17.6 Å². The summed E-state index contributed by atoms with van der Waals surface area (Å²) in [4.78, 5) is 11.2. The zero-order chi connectivity index (χ0) is 16.4. The van der Waals surface area contributed by atoms with Crippen molar-refractivity contribution >= 4 is 15.9 Å². The van der Waals surface area contributed by atoms with Gasteiger partial charge in [-0.25, -0.2) is 12.8 Å². The number of halogens is 1. The minimum absolute atomic E-state index is 0.0600. The van der Waals surface area contributed by atoms with Crippen molar-refractivity contribution in [2.24, 2.45) is 5.73 Å². The number of carbonyl (C=O) groups excluding carboxylic acids is 1. The van der Waals surface area contributed by atoms with Crippen molar-refractivity contribution in [1.29, 1.82) is 0 Å². The highest BCUT2D eigenvalue weighted by molar-refractivity contribution is 7.89. The molecule has 0 bridgehead atoms. The number of primary amides is 1. The zero-order valence-corrected chi connectivity index (χ0v) is 13.1. The molecule has 8 heteroatoms. The van der Waals surface area contributed by atoms with Crippen molar-refractivity contribution in [1.82, 2.24) is 4.31 Å². The molecule has 122 valence electrons. The van der Waals surface area contributed by atoms with Crippen molar-refractivity contribution in [2.45, 2.75) is 29.7 Å². The van der Waals surface area contributed by atoms with Crippen LogP contribution < -0.4 is 5.73 Å². The Morgan fingerprint density at radius 1 is 1.50 bits per heavy atom. The maximum atomic E-state index is 13.4. The molecule has 0 saturated carbocycles. The normalized spacial score (nSPS) is 22.8. The molecular formula is C14H19FN2O4S. The molecule has 0 radical (unpaired) electrons. The van der Waals surface area contributed by atoms with Gasteiger partial charge in [0, 0.05) is 20.1 Å². The van der Waals surface area contributed by atoms with Gasteiger partial charge in [0.25, 0.3) is 0 Å². The topological polar surface area (TPSA) is 89.7 Å². The lowest BCUT2D eigenvalue weighted by Crippen LogP contribution is -2.52. The van der Waals surface area contributed by atoms with Crippen LogP contribution in [0.3, 0.4) is 0 Å². The highest BCUT2D eigenvalue weighted by atomic mass is 32.2. The SMILES string of the molecule is COC[C@@]1(CC(N)=O)CCCN1S(=O)(=O)c1cccc(F)c1. The van der Waals surface area contributed by atoms with Gasteiger partial charge in [0.15, 0.2) is 0 Å². The molecule has 22 heavy (non-hydrogen) atoms. The molecule has 1 aliphatic rings. The Bertz CT molecular complexity index is 665. The molecule has 0 spiro atoms. The van der Waals surface area contributed by atoms with Crippen molar-refractivity contribution < 1.29 is 22.3 Å². The van der Waals surface area contributed by atoms with E-state index in [4.69, 9.17) is 10.5 Å². The minimum atomic E-state index is -3.93. The number of methoxy groups -OCH3 is 1. The molecule has 0 aromatic heterocycles. The van der Waals surface area contributed by atoms with Crippen molar-refractivity contribution in [3.05, 3.63) is 30.1 Å². The fourth-order valence-corrected chi connectivity index (χ4v) is 4.86. The number of nitrogens with zero attached hydrogens (tertiary/aromatic N) is 1. The molecule has 6 nitrogen and oxygen atoms in total. The standard InChI is InChI=1S/C14H19FN2O4S/c1-21-10-14(9-13(16)18)6-3-7-17(14)22(19,20)12-5-2-4-11(15)8-12/h2,4-5,8H,3,6-7,9-10H2,1H3,(H2,16,18)/t14-/m0/s1. The van der Waals surface area contributed by atoms with Gasteiger partial charge < -0.3 is 10.5 Å². The summed E-state index contributed by atoms with van der Waals surface area (Å²) in [5.74, 6) is -1.23. The van der Waals surface area contributed by atoms with Gasteiger partial charge in [-0.2, -0.15) is 4.31 Å². The third-order valence-corrected chi connectivity index (χ3v) is 5.83. The number of carbonyl (C=O) groups is 1. The number of hydrogen-bond acceptors (Lipinski definition) is 4. The molecule has 1 saturated heterocycles. The number of benzene rings is 1. The van der Waals surface area contributed by atoms with E-state index in [0.717, 1.165) is 6.07 Å². The first-order valence-electron chi connectivity index (χ1n) is 6.87. The van der Waals surface area contributed by atoms with E-state index in [1.54, 1.807) is 0 Å². The lowest BCUT2D eigenvalue weighted by molar-refractivity contribution is -0.120. The number of hydrogen-bond donors (Lipinski definition) is 1. The van der Waals surface area contributed by atoms with E-state index in [-0.39, 0.29) is 24.5 Å². The fourth-order valence-electron chi connectivity index (χ4n) is 3.01. The van der Waals surface area contributed by atoms with Crippen LogP contribution in [0.5, 0.6) is 0 Å². The zero-order valence-electron chi connectivity index (χ0n) is 12.3. The molecule has 1 aromatic carbocycles. The maximum absolute atomic E-state index is 13.4. The Hall–Kier alpha value is -1.51. The third kappa shape index (κ3) is 3.13. The molecule has 2 rings (SSSR count). The van der Waals surface area contributed by atoms with Crippen LogP contribution in [0.2, 0.25) is 0 Å². The van der Waals surface area contributed by atoms with Crippen molar-refractivity contribution in [3.8, 4) is 0 Å². The Morgan fingerprint density at radius 2 is 2.23 bits per heavy atom. The molecule has 1 heterocycles. The Kier molecular flexibility index (Phi) is 4.84. The lowest BCUT2D eigenvalue weighted by atomic mass is 9.94. The predicted octanol–water partition coefficient (Wildman–Crippen LogP) is 0.871. The average molecular weight is 330 g/mol. The number of nitrogens with two attached hydrogens (primary N) is 1. The molecule has 1 atom stereocenters. The van der Waals surface area contributed by atoms with Crippen LogP contribution in [0.1, 0.15) is 19.3 Å². The summed E-state index contributed by atoms with van der Waals surface area (Å²) in [5.41, 5.74) is 4.27. The molecule has 1 aliphatic heterocycles. The molecule has 1 fully saturated rings. The largest absolute Gasteiger partial charge is 0.383 e. The van der Waals surface area contributed by atoms with E-state index in [1.807, 2.05) is 0 Å². The van der Waals surface area contributed by atoms with Crippen LogP contribution in [0.15, 0.2) is 29.2 Å².